The van der Waals surface area contributed by atoms with E-state index in [2.05, 4.69) is 0 Å². The van der Waals surface area contributed by atoms with E-state index in [1.54, 1.807) is 36.6 Å². The van der Waals surface area contributed by atoms with Crippen LogP contribution in [-0.2, 0) is 19.1 Å². The summed E-state index contributed by atoms with van der Waals surface area (Å²) in [6, 6.07) is 5.20. The first-order valence-corrected chi connectivity index (χ1v) is 7.14. The van der Waals surface area contributed by atoms with Crippen molar-refractivity contribution >= 4 is 23.9 Å². The number of allylic oxidation sites excluding steroid dienone is 2. The molecule has 0 N–H and O–H groups in total. The van der Waals surface area contributed by atoms with Crippen molar-refractivity contribution in [2.75, 3.05) is 19.1 Å². The Labute approximate surface area is 139 Å². The maximum atomic E-state index is 12.3. The molecule has 1 heterocycles. The number of carbonyl (C=O) groups is 3. The Balaban J connectivity index is 2.72. The molecule has 2 rings (SSSR count). The second kappa shape index (κ2) is 7.41. The highest BCUT2D eigenvalue weighted by Gasteiger charge is 2.28. The van der Waals surface area contributed by atoms with Crippen molar-refractivity contribution in [1.29, 1.82) is 0 Å². The summed E-state index contributed by atoms with van der Waals surface area (Å²) in [5, 5.41) is 0. The lowest BCUT2D eigenvalue weighted by Crippen LogP contribution is -2.27. The first-order chi connectivity index (χ1) is 11.5. The van der Waals surface area contributed by atoms with E-state index in [0.29, 0.717) is 17.5 Å². The number of aryl methyl sites for hydroxylation is 1. The van der Waals surface area contributed by atoms with E-state index >= 15 is 0 Å². The van der Waals surface area contributed by atoms with Gasteiger partial charge in [-0.05, 0) is 31.2 Å². The van der Waals surface area contributed by atoms with Crippen LogP contribution >= 0.6 is 0 Å². The van der Waals surface area contributed by atoms with E-state index in [0.717, 1.165) is 5.56 Å². The van der Waals surface area contributed by atoms with Crippen molar-refractivity contribution in [3.63, 3.8) is 0 Å². The number of rotatable bonds is 4. The normalized spacial score (nSPS) is 13.5. The quantitative estimate of drug-likeness (QED) is 0.624. The molecule has 1 aliphatic heterocycles. The number of ether oxygens (including phenoxy) is 2. The summed E-state index contributed by atoms with van der Waals surface area (Å²) in [6.07, 6.45) is 6.98. The first-order valence-electron chi connectivity index (χ1n) is 7.14. The zero-order valence-corrected chi connectivity index (χ0v) is 13.6. The van der Waals surface area contributed by atoms with E-state index in [9.17, 15) is 14.4 Å². The van der Waals surface area contributed by atoms with E-state index in [-0.39, 0.29) is 11.3 Å². The number of esters is 2. The Hall–Kier alpha value is -3.15. The lowest BCUT2D eigenvalue weighted by molar-refractivity contribution is -0.139. The largest absolute Gasteiger partial charge is 0.465 e. The van der Waals surface area contributed by atoms with Gasteiger partial charge in [0.1, 0.15) is 5.70 Å². The van der Waals surface area contributed by atoms with Gasteiger partial charge in [-0.1, -0.05) is 17.7 Å². The Kier molecular flexibility index (Phi) is 5.31. The summed E-state index contributed by atoms with van der Waals surface area (Å²) in [5.74, 6) is -1.40. The Morgan fingerprint density at radius 1 is 1.08 bits per heavy atom. The average molecular weight is 327 g/mol. The summed E-state index contributed by atoms with van der Waals surface area (Å²) in [6.45, 7) is 1.85. The molecule has 124 valence electrons. The summed E-state index contributed by atoms with van der Waals surface area (Å²) in [7, 11) is 2.44. The van der Waals surface area contributed by atoms with Crippen LogP contribution in [0.4, 0.5) is 5.69 Å². The molecular formula is C18H17NO5. The SMILES string of the molecule is COC(=O)C1=C(C(=O)OC)N(c2ccc(C)cc2C=O)C=CC=C1. The molecule has 1 aliphatic rings. The molecule has 0 fully saturated rings. The zero-order chi connectivity index (χ0) is 17.7. The zero-order valence-electron chi connectivity index (χ0n) is 13.6. The van der Waals surface area contributed by atoms with E-state index < -0.39 is 11.9 Å². The summed E-state index contributed by atoms with van der Waals surface area (Å²) in [4.78, 5) is 37.3. The van der Waals surface area contributed by atoms with Crippen LogP contribution in [-0.4, -0.2) is 32.4 Å². The topological polar surface area (TPSA) is 72.9 Å². The molecule has 1 aromatic carbocycles. The lowest BCUT2D eigenvalue weighted by Gasteiger charge is -2.24. The number of hydrogen-bond donors (Lipinski definition) is 0. The molecule has 0 radical (unpaired) electrons. The van der Waals surface area contributed by atoms with Crippen LogP contribution in [0.1, 0.15) is 15.9 Å². The minimum atomic E-state index is -0.718. The minimum Gasteiger partial charge on any atom is -0.465 e. The van der Waals surface area contributed by atoms with Crippen LogP contribution in [0.25, 0.3) is 0 Å². The van der Waals surface area contributed by atoms with Crippen LogP contribution in [0.15, 0.2) is 53.9 Å². The van der Waals surface area contributed by atoms with Gasteiger partial charge in [0, 0.05) is 11.8 Å². The van der Waals surface area contributed by atoms with Crippen LogP contribution in [0, 0.1) is 6.92 Å². The maximum absolute atomic E-state index is 12.3. The Morgan fingerprint density at radius 3 is 2.42 bits per heavy atom. The fourth-order valence-corrected chi connectivity index (χ4v) is 2.34. The molecule has 0 atom stereocenters. The Morgan fingerprint density at radius 2 is 1.79 bits per heavy atom. The van der Waals surface area contributed by atoms with Crippen molar-refractivity contribution in [1.82, 2.24) is 0 Å². The van der Waals surface area contributed by atoms with Gasteiger partial charge in [-0.25, -0.2) is 9.59 Å². The van der Waals surface area contributed by atoms with Gasteiger partial charge in [-0.3, -0.25) is 4.79 Å². The maximum Gasteiger partial charge on any atom is 0.355 e. The molecule has 6 heteroatoms. The third-order valence-corrected chi connectivity index (χ3v) is 3.46. The highest BCUT2D eigenvalue weighted by molar-refractivity contribution is 6.06. The number of aldehydes is 1. The predicted molar refractivity (Wildman–Crippen MR) is 88.4 cm³/mol. The fourth-order valence-electron chi connectivity index (χ4n) is 2.34. The first kappa shape index (κ1) is 17.2. The third kappa shape index (κ3) is 3.27. The van der Waals surface area contributed by atoms with E-state index in [1.807, 2.05) is 6.92 Å². The monoisotopic (exact) mass is 327 g/mol. The van der Waals surface area contributed by atoms with Gasteiger partial charge < -0.3 is 14.4 Å². The number of hydrogen-bond acceptors (Lipinski definition) is 6. The van der Waals surface area contributed by atoms with Gasteiger partial charge in [0.25, 0.3) is 0 Å². The fraction of sp³-hybridized carbons (Fsp3) is 0.167. The lowest BCUT2D eigenvalue weighted by atomic mass is 10.1. The molecule has 0 saturated heterocycles. The molecule has 0 saturated carbocycles. The number of carbonyl (C=O) groups excluding carboxylic acids is 3. The highest BCUT2D eigenvalue weighted by atomic mass is 16.5. The van der Waals surface area contributed by atoms with Crippen LogP contribution in [0.2, 0.25) is 0 Å². The van der Waals surface area contributed by atoms with Gasteiger partial charge in [-0.15, -0.1) is 0 Å². The smallest absolute Gasteiger partial charge is 0.355 e. The van der Waals surface area contributed by atoms with Gasteiger partial charge in [-0.2, -0.15) is 0 Å². The molecule has 0 unspecified atom stereocenters. The van der Waals surface area contributed by atoms with Crippen molar-refractivity contribution < 1.29 is 23.9 Å². The van der Waals surface area contributed by atoms with Crippen LogP contribution < -0.4 is 4.90 Å². The number of methoxy groups -OCH3 is 2. The second-order valence-corrected chi connectivity index (χ2v) is 5.00. The van der Waals surface area contributed by atoms with Gasteiger partial charge in [0.15, 0.2) is 6.29 Å². The average Bonchev–Trinajstić information content (AvgIpc) is 2.82. The molecule has 0 aliphatic carbocycles. The molecular weight excluding hydrogens is 310 g/mol. The molecule has 0 aromatic heterocycles. The molecule has 24 heavy (non-hydrogen) atoms. The van der Waals surface area contributed by atoms with Gasteiger partial charge >= 0.3 is 11.9 Å². The van der Waals surface area contributed by atoms with Gasteiger partial charge in [0.2, 0.25) is 0 Å². The van der Waals surface area contributed by atoms with Crippen molar-refractivity contribution in [3.05, 3.63) is 65.0 Å². The van der Waals surface area contributed by atoms with Crippen molar-refractivity contribution in [2.24, 2.45) is 0 Å². The summed E-state index contributed by atoms with van der Waals surface area (Å²) in [5.41, 5.74) is 1.74. The predicted octanol–water partition coefficient (Wildman–Crippen LogP) is 2.30. The molecule has 0 amide bonds. The number of benzene rings is 1. The second-order valence-electron chi connectivity index (χ2n) is 5.00. The molecule has 1 aromatic rings. The number of anilines is 1. The Bertz CT molecular complexity index is 774. The third-order valence-electron chi connectivity index (χ3n) is 3.46. The minimum absolute atomic E-state index is 0.0266. The van der Waals surface area contributed by atoms with Gasteiger partial charge in [0.05, 0.1) is 25.5 Å². The van der Waals surface area contributed by atoms with E-state index in [1.165, 1.54) is 25.2 Å². The summed E-state index contributed by atoms with van der Waals surface area (Å²) >= 11 is 0. The van der Waals surface area contributed by atoms with E-state index in [4.69, 9.17) is 9.47 Å². The number of nitrogens with zero attached hydrogens (tertiary/aromatic N) is 1. The molecule has 0 bridgehead atoms. The van der Waals surface area contributed by atoms with Crippen LogP contribution in [0.5, 0.6) is 0 Å². The highest BCUT2D eigenvalue weighted by Crippen LogP contribution is 2.29. The summed E-state index contributed by atoms with van der Waals surface area (Å²) < 4.78 is 9.57. The standard InChI is InChI=1S/C18H17NO5/c1-12-7-8-15(13(10-12)11-20)19-9-5-4-6-14(17(21)23-2)16(19)18(22)24-3/h4-11H,1-3H3. The molecule has 6 nitrogen and oxygen atoms in total. The molecule has 0 spiro atoms. The van der Waals surface area contributed by atoms with Crippen molar-refractivity contribution in [2.45, 2.75) is 6.92 Å². The van der Waals surface area contributed by atoms with Crippen molar-refractivity contribution in [3.8, 4) is 0 Å². The van der Waals surface area contributed by atoms with Crippen LogP contribution in [0.3, 0.4) is 0 Å².